The number of halogens is 2. The first-order valence-electron chi connectivity index (χ1n) is 5.73. The van der Waals surface area contributed by atoms with Crippen molar-refractivity contribution in [2.24, 2.45) is 0 Å². The Morgan fingerprint density at radius 2 is 1.95 bits per heavy atom. The Morgan fingerprint density at radius 1 is 1.35 bits per heavy atom. The molecular weight excluding hydrogens is 286 g/mol. The maximum absolute atomic E-state index is 13.5. The Morgan fingerprint density at radius 3 is 2.50 bits per heavy atom. The van der Waals surface area contributed by atoms with Gasteiger partial charge in [-0.1, -0.05) is 6.07 Å². The van der Waals surface area contributed by atoms with Crippen LogP contribution in [0.25, 0.3) is 0 Å². The highest BCUT2D eigenvalue weighted by atomic mass is 32.1. The number of thiazole rings is 1. The van der Waals surface area contributed by atoms with E-state index in [4.69, 9.17) is 5.11 Å². The number of carbonyl (C=O) groups is 1. The molecule has 0 fully saturated rings. The van der Waals surface area contributed by atoms with Crippen LogP contribution in [0.4, 0.5) is 19.6 Å². The molecule has 2 N–H and O–H groups in total. The van der Waals surface area contributed by atoms with Gasteiger partial charge in [-0.3, -0.25) is 4.79 Å². The Kier molecular flexibility index (Phi) is 3.71. The zero-order chi connectivity index (χ0) is 14.9. The first-order chi connectivity index (χ1) is 9.32. The molecule has 0 unspecified atom stereocenters. The summed E-state index contributed by atoms with van der Waals surface area (Å²) < 4.78 is 27.0. The molecule has 0 aliphatic carbocycles. The van der Waals surface area contributed by atoms with Crippen LogP contribution in [-0.4, -0.2) is 16.1 Å². The number of anilines is 2. The fourth-order valence-corrected chi connectivity index (χ4v) is 2.33. The molecular formula is C13H12F2N2O2S. The monoisotopic (exact) mass is 298 g/mol. The van der Waals surface area contributed by atoms with Crippen LogP contribution in [0.2, 0.25) is 0 Å². The number of hydrogen-bond acceptors (Lipinski definition) is 4. The van der Waals surface area contributed by atoms with Gasteiger partial charge in [-0.25, -0.2) is 13.8 Å². The number of hydrogen-bond donors (Lipinski definition) is 2. The van der Waals surface area contributed by atoms with E-state index in [0.29, 0.717) is 5.69 Å². The fraction of sp³-hybridized carbons (Fsp3) is 0.231. The summed E-state index contributed by atoms with van der Waals surface area (Å²) in [6, 6.07) is 3.51. The third-order valence-electron chi connectivity index (χ3n) is 2.87. The van der Waals surface area contributed by atoms with Crippen LogP contribution in [-0.2, 0) is 10.2 Å². The van der Waals surface area contributed by atoms with Crippen molar-refractivity contribution in [2.75, 3.05) is 5.32 Å². The summed E-state index contributed by atoms with van der Waals surface area (Å²) in [5, 5.41) is 13.4. The predicted octanol–water partition coefficient (Wildman–Crippen LogP) is 3.53. The smallest absolute Gasteiger partial charge is 0.315 e. The molecule has 4 nitrogen and oxygen atoms in total. The topological polar surface area (TPSA) is 62.2 Å². The van der Waals surface area contributed by atoms with Crippen LogP contribution >= 0.6 is 11.3 Å². The Balaban J connectivity index is 2.29. The SMILES string of the molecule is CC(C)(C(=O)O)c1csc(Nc2c(F)cccc2F)n1. The van der Waals surface area contributed by atoms with Crippen LogP contribution < -0.4 is 5.32 Å². The van der Waals surface area contributed by atoms with Crippen molar-refractivity contribution in [3.05, 3.63) is 40.9 Å². The summed E-state index contributed by atoms with van der Waals surface area (Å²) in [6.07, 6.45) is 0. The quantitative estimate of drug-likeness (QED) is 0.906. The lowest BCUT2D eigenvalue weighted by atomic mass is 9.90. The molecule has 0 saturated carbocycles. The summed E-state index contributed by atoms with van der Waals surface area (Å²) >= 11 is 1.09. The standard InChI is InChI=1S/C13H12F2N2O2S/c1-13(2,11(18)19)9-6-20-12(16-9)17-10-7(14)4-3-5-8(10)15/h3-6H,1-2H3,(H,16,17)(H,18,19). The lowest BCUT2D eigenvalue weighted by Gasteiger charge is -2.15. The van der Waals surface area contributed by atoms with E-state index in [-0.39, 0.29) is 10.8 Å². The molecule has 7 heteroatoms. The summed E-state index contributed by atoms with van der Waals surface area (Å²) in [4.78, 5) is 15.2. The van der Waals surface area contributed by atoms with E-state index < -0.39 is 23.0 Å². The van der Waals surface area contributed by atoms with E-state index in [1.54, 1.807) is 5.38 Å². The minimum absolute atomic E-state index is 0.235. The zero-order valence-corrected chi connectivity index (χ0v) is 11.6. The summed E-state index contributed by atoms with van der Waals surface area (Å²) in [6.45, 7) is 3.02. The van der Waals surface area contributed by atoms with Gasteiger partial charge < -0.3 is 10.4 Å². The number of aromatic nitrogens is 1. The number of benzene rings is 1. The van der Waals surface area contributed by atoms with Gasteiger partial charge in [0.05, 0.1) is 5.69 Å². The van der Waals surface area contributed by atoms with Gasteiger partial charge >= 0.3 is 5.97 Å². The van der Waals surface area contributed by atoms with E-state index in [0.717, 1.165) is 23.5 Å². The third-order valence-corrected chi connectivity index (χ3v) is 3.63. The first-order valence-corrected chi connectivity index (χ1v) is 6.61. The summed E-state index contributed by atoms with van der Waals surface area (Å²) in [5.74, 6) is -2.50. The molecule has 0 radical (unpaired) electrons. The van der Waals surface area contributed by atoms with Gasteiger partial charge in [-0.15, -0.1) is 11.3 Å². The minimum Gasteiger partial charge on any atom is -0.481 e. The summed E-state index contributed by atoms with van der Waals surface area (Å²) in [5.41, 5.74) is -1.14. The van der Waals surface area contributed by atoms with Gasteiger partial charge in [-0.05, 0) is 26.0 Å². The van der Waals surface area contributed by atoms with Crippen molar-refractivity contribution in [2.45, 2.75) is 19.3 Å². The predicted molar refractivity (Wildman–Crippen MR) is 72.4 cm³/mol. The lowest BCUT2D eigenvalue weighted by Crippen LogP contribution is -2.28. The van der Waals surface area contributed by atoms with Crippen LogP contribution in [0.1, 0.15) is 19.5 Å². The highest BCUT2D eigenvalue weighted by Gasteiger charge is 2.32. The van der Waals surface area contributed by atoms with Gasteiger partial charge in [0, 0.05) is 5.38 Å². The third kappa shape index (κ3) is 2.62. The molecule has 106 valence electrons. The molecule has 0 saturated heterocycles. The molecule has 0 atom stereocenters. The highest BCUT2D eigenvalue weighted by molar-refractivity contribution is 7.13. The van der Waals surface area contributed by atoms with Crippen molar-refractivity contribution >= 4 is 28.1 Å². The molecule has 20 heavy (non-hydrogen) atoms. The van der Waals surface area contributed by atoms with Gasteiger partial charge in [0.15, 0.2) is 5.13 Å². The number of carboxylic acids is 1. The Hall–Kier alpha value is -2.02. The average Bonchev–Trinajstić information content (AvgIpc) is 2.83. The lowest BCUT2D eigenvalue weighted by molar-refractivity contribution is -0.142. The minimum atomic E-state index is -1.16. The number of nitrogens with one attached hydrogen (secondary N) is 1. The van der Waals surface area contributed by atoms with Crippen LogP contribution in [0.15, 0.2) is 23.6 Å². The van der Waals surface area contributed by atoms with Gasteiger partial charge in [0.1, 0.15) is 22.7 Å². The van der Waals surface area contributed by atoms with Crippen molar-refractivity contribution in [1.82, 2.24) is 4.98 Å². The number of rotatable bonds is 4. The van der Waals surface area contributed by atoms with E-state index in [1.807, 2.05) is 0 Å². The van der Waals surface area contributed by atoms with Gasteiger partial charge in [0.2, 0.25) is 0 Å². The second-order valence-electron chi connectivity index (χ2n) is 4.69. The second-order valence-corrected chi connectivity index (χ2v) is 5.55. The molecule has 0 aliphatic rings. The zero-order valence-electron chi connectivity index (χ0n) is 10.8. The Labute approximate surface area is 118 Å². The molecule has 2 aromatic rings. The van der Waals surface area contributed by atoms with Crippen molar-refractivity contribution in [3.8, 4) is 0 Å². The normalized spacial score (nSPS) is 11.4. The molecule has 2 rings (SSSR count). The van der Waals surface area contributed by atoms with Gasteiger partial charge in [0.25, 0.3) is 0 Å². The van der Waals surface area contributed by atoms with E-state index in [1.165, 1.54) is 19.9 Å². The molecule has 1 heterocycles. The maximum atomic E-state index is 13.5. The van der Waals surface area contributed by atoms with Crippen molar-refractivity contribution in [3.63, 3.8) is 0 Å². The van der Waals surface area contributed by atoms with Crippen LogP contribution in [0.3, 0.4) is 0 Å². The van der Waals surface area contributed by atoms with E-state index in [2.05, 4.69) is 10.3 Å². The second kappa shape index (κ2) is 5.16. The largest absolute Gasteiger partial charge is 0.481 e. The number of carboxylic acid groups (broad SMARTS) is 1. The molecule has 0 bridgehead atoms. The molecule has 0 amide bonds. The molecule has 0 spiro atoms. The van der Waals surface area contributed by atoms with E-state index in [9.17, 15) is 13.6 Å². The van der Waals surface area contributed by atoms with E-state index >= 15 is 0 Å². The van der Waals surface area contributed by atoms with Crippen molar-refractivity contribution in [1.29, 1.82) is 0 Å². The average molecular weight is 298 g/mol. The molecule has 1 aromatic heterocycles. The number of aliphatic carboxylic acids is 1. The number of para-hydroxylation sites is 1. The van der Waals surface area contributed by atoms with Crippen molar-refractivity contribution < 1.29 is 18.7 Å². The van der Waals surface area contributed by atoms with Gasteiger partial charge in [-0.2, -0.15) is 0 Å². The molecule has 0 aliphatic heterocycles. The maximum Gasteiger partial charge on any atom is 0.315 e. The first kappa shape index (κ1) is 14.4. The highest BCUT2D eigenvalue weighted by Crippen LogP contribution is 2.30. The summed E-state index contributed by atoms with van der Waals surface area (Å²) in [7, 11) is 0. The van der Waals surface area contributed by atoms with Crippen LogP contribution in [0.5, 0.6) is 0 Å². The fourth-order valence-electron chi connectivity index (χ4n) is 1.45. The van der Waals surface area contributed by atoms with Crippen LogP contribution in [0, 0.1) is 11.6 Å². The molecule has 1 aromatic carbocycles. The Bertz CT molecular complexity index is 635. The number of nitrogens with zero attached hydrogens (tertiary/aromatic N) is 1.